The van der Waals surface area contributed by atoms with Crippen molar-refractivity contribution in [2.75, 3.05) is 9.80 Å². The van der Waals surface area contributed by atoms with E-state index in [1.165, 1.54) is 22.7 Å². The molecule has 0 radical (unpaired) electrons. The van der Waals surface area contributed by atoms with Crippen LogP contribution in [0.25, 0.3) is 33.5 Å². The minimum atomic E-state index is -0.0649. The fourth-order valence-corrected chi connectivity index (χ4v) is 9.12. The molecule has 1 aromatic carbocycles. The highest BCUT2D eigenvalue weighted by Crippen LogP contribution is 2.41. The number of thiophene rings is 2. The van der Waals surface area contributed by atoms with Crippen molar-refractivity contribution in [2.45, 2.75) is 57.8 Å². The number of ketones is 1. The molecule has 13 nitrogen and oxygen atoms in total. The molecule has 0 bridgehead atoms. The van der Waals surface area contributed by atoms with Gasteiger partial charge in [-0.1, -0.05) is 36.4 Å². The van der Waals surface area contributed by atoms with E-state index in [4.69, 9.17) is 4.98 Å². The molecule has 272 valence electrons. The first-order valence-electron chi connectivity index (χ1n) is 18.1. The summed E-state index contributed by atoms with van der Waals surface area (Å²) in [5.74, 6) is 2.76. The van der Waals surface area contributed by atoms with Crippen molar-refractivity contribution in [2.24, 2.45) is 0 Å². The molecule has 11 rings (SSSR count). The average Bonchev–Trinajstić information content (AvgIpc) is 3.81. The van der Waals surface area contributed by atoms with E-state index in [9.17, 15) is 14.4 Å². The average molecular weight is 765 g/mol. The topological polar surface area (TPSA) is 145 Å². The third-order valence-corrected chi connectivity index (χ3v) is 12.3. The number of hydrogen-bond donors (Lipinski definition) is 0. The van der Waals surface area contributed by atoms with Crippen LogP contribution in [0.4, 0.5) is 11.6 Å². The van der Waals surface area contributed by atoms with Crippen molar-refractivity contribution in [1.82, 2.24) is 39.5 Å². The monoisotopic (exact) mass is 764 g/mol. The summed E-state index contributed by atoms with van der Waals surface area (Å²) in [6, 6.07) is 23.9. The lowest BCUT2D eigenvalue weighted by atomic mass is 10.0. The number of fused-ring (bicyclic) bond motifs is 2. The highest BCUT2D eigenvalue weighted by Gasteiger charge is 2.34. The Kier molecular flexibility index (Phi) is 8.06. The first-order chi connectivity index (χ1) is 26.9. The number of anilines is 2. The molecule has 0 atom stereocenters. The number of rotatable bonds is 8. The Hall–Kier alpha value is -6.19. The zero-order valence-corrected chi connectivity index (χ0v) is 31.2. The zero-order chi connectivity index (χ0) is 37.2. The number of carbonyl (C=O) groups excluding carboxylic acids is 3. The molecule has 4 aliphatic rings. The maximum absolute atomic E-state index is 13.2. The summed E-state index contributed by atoms with van der Waals surface area (Å²) in [5.41, 5.74) is 5.06. The van der Waals surface area contributed by atoms with E-state index >= 15 is 0 Å². The van der Waals surface area contributed by atoms with Gasteiger partial charge in [-0.25, -0.2) is 9.97 Å². The molecule has 2 amide bonds. The quantitative estimate of drug-likeness (QED) is 0.142. The molecule has 0 unspecified atom stereocenters. The van der Waals surface area contributed by atoms with Crippen LogP contribution in [0.3, 0.4) is 0 Å². The van der Waals surface area contributed by atoms with Crippen molar-refractivity contribution >= 4 is 51.9 Å². The Morgan fingerprint density at radius 3 is 1.84 bits per heavy atom. The molecule has 6 aromatic heterocycles. The number of pyridine rings is 2. The van der Waals surface area contributed by atoms with Crippen LogP contribution in [-0.2, 0) is 13.1 Å². The number of aromatic nitrogens is 8. The third kappa shape index (κ3) is 6.05. The molecular weight excluding hydrogens is 733 g/mol. The number of carbonyl (C=O) groups is 3. The van der Waals surface area contributed by atoms with Gasteiger partial charge in [0.2, 0.25) is 0 Å². The Morgan fingerprint density at radius 2 is 1.27 bits per heavy atom. The first kappa shape index (κ1) is 33.4. The number of benzene rings is 1. The molecule has 2 aliphatic heterocycles. The number of nitrogens with zero attached hydrogens (tertiary/aromatic N) is 10. The van der Waals surface area contributed by atoms with Crippen LogP contribution in [0.1, 0.15) is 85.5 Å². The third-order valence-electron chi connectivity index (χ3n) is 10.2. The van der Waals surface area contributed by atoms with Crippen LogP contribution in [0, 0.1) is 0 Å². The Balaban J connectivity index is 0.000000143. The Bertz CT molecular complexity index is 2650. The van der Waals surface area contributed by atoms with Crippen molar-refractivity contribution in [1.29, 1.82) is 0 Å². The van der Waals surface area contributed by atoms with Gasteiger partial charge in [-0.2, -0.15) is 0 Å². The molecule has 15 heteroatoms. The van der Waals surface area contributed by atoms with Gasteiger partial charge < -0.3 is 9.13 Å². The van der Waals surface area contributed by atoms with Gasteiger partial charge in [0, 0.05) is 28.1 Å². The molecule has 2 saturated carbocycles. The van der Waals surface area contributed by atoms with E-state index < -0.39 is 0 Å². The van der Waals surface area contributed by atoms with Crippen molar-refractivity contribution in [3.63, 3.8) is 0 Å². The van der Waals surface area contributed by atoms with E-state index in [1.54, 1.807) is 29.4 Å². The molecule has 0 saturated heterocycles. The van der Waals surface area contributed by atoms with Gasteiger partial charge in [-0.3, -0.25) is 24.2 Å². The number of amides is 2. The summed E-state index contributed by atoms with van der Waals surface area (Å²) >= 11 is 2.92. The first-order valence-corrected chi connectivity index (χ1v) is 19.8. The molecule has 55 heavy (non-hydrogen) atoms. The van der Waals surface area contributed by atoms with Crippen molar-refractivity contribution in [3.05, 3.63) is 117 Å². The van der Waals surface area contributed by atoms with Crippen LogP contribution in [0.5, 0.6) is 0 Å². The van der Waals surface area contributed by atoms with Crippen LogP contribution in [-0.4, -0.2) is 57.1 Å². The lowest BCUT2D eigenvalue weighted by Crippen LogP contribution is -2.24. The summed E-state index contributed by atoms with van der Waals surface area (Å²) in [6.07, 6.45) is 8.10. The van der Waals surface area contributed by atoms with Crippen LogP contribution >= 0.6 is 22.7 Å². The van der Waals surface area contributed by atoms with Gasteiger partial charge in [-0.15, -0.1) is 43.1 Å². The van der Waals surface area contributed by atoms with Gasteiger partial charge >= 0.3 is 0 Å². The summed E-state index contributed by atoms with van der Waals surface area (Å²) in [6.45, 7) is 2.61. The van der Waals surface area contributed by atoms with E-state index in [0.717, 1.165) is 69.5 Å². The van der Waals surface area contributed by atoms with Gasteiger partial charge in [-0.05, 0) is 85.5 Å². The predicted molar refractivity (Wildman–Crippen MR) is 208 cm³/mol. The van der Waals surface area contributed by atoms with Gasteiger partial charge in [0.15, 0.2) is 17.4 Å². The minimum absolute atomic E-state index is 0.0159. The van der Waals surface area contributed by atoms with Gasteiger partial charge in [0.25, 0.3) is 11.8 Å². The summed E-state index contributed by atoms with van der Waals surface area (Å²) in [7, 11) is 0. The largest absolute Gasteiger partial charge is 0.309 e. The van der Waals surface area contributed by atoms with Crippen molar-refractivity contribution < 1.29 is 14.4 Å². The minimum Gasteiger partial charge on any atom is -0.309 e. The van der Waals surface area contributed by atoms with Gasteiger partial charge in [0.05, 0.1) is 22.8 Å². The molecule has 2 aliphatic carbocycles. The van der Waals surface area contributed by atoms with E-state index in [-0.39, 0.29) is 17.6 Å². The number of hydrogen-bond acceptors (Lipinski definition) is 11. The van der Waals surface area contributed by atoms with E-state index in [1.807, 2.05) is 78.2 Å². The van der Waals surface area contributed by atoms with E-state index in [0.29, 0.717) is 52.9 Å². The highest BCUT2D eigenvalue weighted by atomic mass is 32.1. The molecule has 0 spiro atoms. The molecule has 0 N–H and O–H groups in total. The van der Waals surface area contributed by atoms with Crippen molar-refractivity contribution in [3.8, 4) is 33.5 Å². The summed E-state index contributed by atoms with van der Waals surface area (Å²) < 4.78 is 4.14. The second kappa shape index (κ2) is 13.3. The highest BCUT2D eigenvalue weighted by molar-refractivity contribution is 7.17. The Labute approximate surface area is 323 Å². The zero-order valence-electron chi connectivity index (χ0n) is 29.6. The maximum Gasteiger partial charge on any atom is 0.270 e. The standard InChI is InChI=1S/C24H19N5O2S.C16H13N5OS/c1-14(30)17-5-2-3-6-18(17)20-11-15-12-28(24(31)22(15)32-20)21-8-4-7-19(26-21)23-27-25-13-29(23)16-9-10-16;22-16-14-10(6-7-23-14)8-20(16)13-3-1-2-12(18-13)15-19-17-9-21(15)11-4-5-11/h2-8,11,13,16H,9-10,12H2,1H3;1-3,6-7,9,11H,4-5,8H2. The smallest absolute Gasteiger partial charge is 0.270 e. The molecular formula is C40H32N10O3S2. The second-order valence-corrected chi connectivity index (χ2v) is 15.9. The SMILES string of the molecule is CC(=O)c1ccccc1-c1cc2c(s1)C(=O)N(c1cccc(-c3nncn3C3CC3)n1)C2.O=C1c2sccc2CN1c1cccc(-c2nncn2C2CC2)n1. The fourth-order valence-electron chi connectivity index (χ4n) is 7.10. The molecule has 8 heterocycles. The second-order valence-electron chi connectivity index (χ2n) is 14.0. The number of Topliss-reactive ketones (excluding diaryl/α,β-unsaturated/α-hetero) is 1. The molecule has 2 fully saturated rings. The maximum atomic E-state index is 13.2. The van der Waals surface area contributed by atoms with E-state index in [2.05, 4.69) is 34.5 Å². The van der Waals surface area contributed by atoms with Crippen LogP contribution in [0.2, 0.25) is 0 Å². The van der Waals surface area contributed by atoms with Gasteiger partial charge in [0.1, 0.15) is 35.7 Å². The lowest BCUT2D eigenvalue weighted by Gasteiger charge is -2.16. The summed E-state index contributed by atoms with van der Waals surface area (Å²) in [4.78, 5) is 53.1. The fraction of sp³-hybridized carbons (Fsp3) is 0.225. The van der Waals surface area contributed by atoms with Crippen LogP contribution < -0.4 is 9.80 Å². The molecule has 7 aromatic rings. The normalized spacial score (nSPS) is 15.9. The Morgan fingerprint density at radius 1 is 0.691 bits per heavy atom. The summed E-state index contributed by atoms with van der Waals surface area (Å²) in [5, 5.41) is 18.5. The lowest BCUT2D eigenvalue weighted by molar-refractivity contribution is 0.0991. The van der Waals surface area contributed by atoms with Crippen LogP contribution in [0.15, 0.2) is 90.8 Å². The predicted octanol–water partition coefficient (Wildman–Crippen LogP) is 7.66.